The van der Waals surface area contributed by atoms with Crippen LogP contribution in [-0.4, -0.2) is 33.2 Å². The van der Waals surface area contributed by atoms with Gasteiger partial charge in [0.05, 0.1) is 29.0 Å². The first-order chi connectivity index (χ1) is 14.0. The maximum absolute atomic E-state index is 13.4. The molecule has 2 heterocycles. The number of hydrogen-bond acceptors (Lipinski definition) is 5. The van der Waals surface area contributed by atoms with Crippen LogP contribution in [0, 0.1) is 12.7 Å². The molecule has 1 atom stereocenters. The van der Waals surface area contributed by atoms with Crippen LogP contribution in [0.1, 0.15) is 29.0 Å². The third-order valence-electron chi connectivity index (χ3n) is 4.67. The van der Waals surface area contributed by atoms with E-state index in [2.05, 4.69) is 10.4 Å². The van der Waals surface area contributed by atoms with Crippen molar-refractivity contribution in [1.82, 2.24) is 9.78 Å². The van der Waals surface area contributed by atoms with Crippen LogP contribution in [0.15, 0.2) is 42.5 Å². The Bertz CT molecular complexity index is 1070. The maximum Gasteiger partial charge on any atom is 0.235 e. The number of carbonyl (C=O) groups excluding carboxylic acids is 1. The SMILES string of the molecule is CCOc1cc([C@@H]2SCC(=O)Nc3c2c(C)nn3-c2ccc(F)cc2)ccc1O. The third kappa shape index (κ3) is 3.67. The fourth-order valence-corrected chi connectivity index (χ4v) is 4.56. The molecule has 4 rings (SSSR count). The summed E-state index contributed by atoms with van der Waals surface area (Å²) < 4.78 is 20.5. The summed E-state index contributed by atoms with van der Waals surface area (Å²) in [7, 11) is 0. The number of rotatable bonds is 4. The number of anilines is 1. The summed E-state index contributed by atoms with van der Waals surface area (Å²) in [6, 6.07) is 11.2. The second-order valence-corrected chi connectivity index (χ2v) is 7.73. The molecule has 0 unspecified atom stereocenters. The van der Waals surface area contributed by atoms with E-state index in [0.29, 0.717) is 23.9 Å². The summed E-state index contributed by atoms with van der Waals surface area (Å²) in [5, 5.41) is 17.4. The van der Waals surface area contributed by atoms with Gasteiger partial charge >= 0.3 is 0 Å². The molecule has 8 heteroatoms. The summed E-state index contributed by atoms with van der Waals surface area (Å²) in [6.07, 6.45) is 0. The molecule has 1 aliphatic heterocycles. The van der Waals surface area contributed by atoms with E-state index in [4.69, 9.17) is 4.74 Å². The third-order valence-corrected chi connectivity index (χ3v) is 5.94. The summed E-state index contributed by atoms with van der Waals surface area (Å²) >= 11 is 1.48. The average Bonchev–Trinajstić information content (AvgIpc) is 2.90. The van der Waals surface area contributed by atoms with Crippen LogP contribution in [0.3, 0.4) is 0 Å². The quantitative estimate of drug-likeness (QED) is 0.671. The van der Waals surface area contributed by atoms with Gasteiger partial charge in [0.25, 0.3) is 0 Å². The number of aromatic hydroxyl groups is 1. The zero-order chi connectivity index (χ0) is 20.5. The number of phenolic OH excluding ortho intramolecular Hbond substituents is 1. The van der Waals surface area contributed by atoms with E-state index in [1.807, 2.05) is 19.9 Å². The number of halogens is 1. The predicted octanol–water partition coefficient (Wildman–Crippen LogP) is 4.20. The highest BCUT2D eigenvalue weighted by Crippen LogP contribution is 2.45. The van der Waals surface area contributed by atoms with E-state index in [9.17, 15) is 14.3 Å². The van der Waals surface area contributed by atoms with Crippen LogP contribution in [0.5, 0.6) is 11.5 Å². The van der Waals surface area contributed by atoms with Crippen molar-refractivity contribution in [3.05, 3.63) is 65.1 Å². The van der Waals surface area contributed by atoms with Crippen LogP contribution in [0.25, 0.3) is 5.69 Å². The van der Waals surface area contributed by atoms with Crippen molar-refractivity contribution in [2.45, 2.75) is 19.1 Å². The summed E-state index contributed by atoms with van der Waals surface area (Å²) in [6.45, 7) is 4.17. The zero-order valence-corrected chi connectivity index (χ0v) is 16.8. The molecular weight excluding hydrogens is 393 g/mol. The smallest absolute Gasteiger partial charge is 0.235 e. The molecule has 1 aromatic heterocycles. The van der Waals surface area contributed by atoms with E-state index >= 15 is 0 Å². The molecule has 0 fully saturated rings. The fourth-order valence-electron chi connectivity index (χ4n) is 3.38. The molecule has 6 nitrogen and oxygen atoms in total. The molecule has 150 valence electrons. The van der Waals surface area contributed by atoms with Gasteiger partial charge in [-0.05, 0) is 55.8 Å². The van der Waals surface area contributed by atoms with Crippen molar-refractivity contribution in [3.63, 3.8) is 0 Å². The number of fused-ring (bicyclic) bond motifs is 1. The van der Waals surface area contributed by atoms with E-state index in [1.165, 1.54) is 23.9 Å². The molecule has 2 N–H and O–H groups in total. The topological polar surface area (TPSA) is 76.4 Å². The largest absolute Gasteiger partial charge is 0.504 e. The molecule has 1 aliphatic rings. The Kier molecular flexibility index (Phi) is 5.19. The highest BCUT2D eigenvalue weighted by Gasteiger charge is 2.31. The molecule has 0 saturated heterocycles. The summed E-state index contributed by atoms with van der Waals surface area (Å²) in [5.41, 5.74) is 3.19. The van der Waals surface area contributed by atoms with Crippen LogP contribution < -0.4 is 10.1 Å². The van der Waals surface area contributed by atoms with Crippen LogP contribution in [0.4, 0.5) is 10.2 Å². The Morgan fingerprint density at radius 2 is 2.07 bits per heavy atom. The lowest BCUT2D eigenvalue weighted by Crippen LogP contribution is -2.15. The minimum Gasteiger partial charge on any atom is -0.504 e. The van der Waals surface area contributed by atoms with Crippen LogP contribution in [0.2, 0.25) is 0 Å². The van der Waals surface area contributed by atoms with Gasteiger partial charge < -0.3 is 15.2 Å². The molecule has 2 aromatic carbocycles. The fraction of sp³-hybridized carbons (Fsp3) is 0.238. The van der Waals surface area contributed by atoms with E-state index < -0.39 is 0 Å². The molecule has 0 saturated carbocycles. The standard InChI is InChI=1S/C21H20FN3O3S/c1-3-28-17-10-13(4-9-16(17)26)20-19-12(2)24-25(15-7-5-14(22)6-8-15)21(19)23-18(27)11-29-20/h4-10,20,26H,3,11H2,1-2H3,(H,23,27)/t20-/m0/s1. The Morgan fingerprint density at radius 1 is 1.31 bits per heavy atom. The highest BCUT2D eigenvalue weighted by atomic mass is 32.2. The van der Waals surface area contributed by atoms with Gasteiger partial charge in [0, 0.05) is 5.56 Å². The maximum atomic E-state index is 13.4. The Morgan fingerprint density at radius 3 is 2.79 bits per heavy atom. The lowest BCUT2D eigenvalue weighted by atomic mass is 10.0. The molecule has 0 bridgehead atoms. The summed E-state index contributed by atoms with van der Waals surface area (Å²) in [5.74, 6) is 0.842. The molecule has 29 heavy (non-hydrogen) atoms. The number of amides is 1. The Labute approximate surface area is 171 Å². The van der Waals surface area contributed by atoms with Gasteiger partial charge in [-0.3, -0.25) is 4.79 Å². The van der Waals surface area contributed by atoms with Crippen molar-refractivity contribution in [3.8, 4) is 17.2 Å². The highest BCUT2D eigenvalue weighted by molar-refractivity contribution is 8.00. The van der Waals surface area contributed by atoms with Gasteiger partial charge in [-0.2, -0.15) is 5.10 Å². The minimum absolute atomic E-state index is 0.0716. The number of ether oxygens (including phenoxy) is 1. The molecule has 0 radical (unpaired) electrons. The molecule has 1 amide bonds. The normalized spacial score (nSPS) is 16.1. The van der Waals surface area contributed by atoms with E-state index in [1.54, 1.807) is 28.9 Å². The van der Waals surface area contributed by atoms with Crippen molar-refractivity contribution in [2.75, 3.05) is 17.7 Å². The summed E-state index contributed by atoms with van der Waals surface area (Å²) in [4.78, 5) is 12.4. The monoisotopic (exact) mass is 413 g/mol. The number of nitrogens with zero attached hydrogens (tertiary/aromatic N) is 2. The Balaban J connectivity index is 1.85. The second kappa shape index (κ2) is 7.79. The predicted molar refractivity (Wildman–Crippen MR) is 110 cm³/mol. The number of nitrogens with one attached hydrogen (secondary N) is 1. The van der Waals surface area contributed by atoms with Gasteiger partial charge in [0.2, 0.25) is 5.91 Å². The first-order valence-electron chi connectivity index (χ1n) is 9.20. The van der Waals surface area contributed by atoms with Crippen LogP contribution >= 0.6 is 11.8 Å². The van der Waals surface area contributed by atoms with Gasteiger partial charge in [0.1, 0.15) is 11.6 Å². The first kappa shape index (κ1) is 19.3. The van der Waals surface area contributed by atoms with Crippen molar-refractivity contribution < 1.29 is 19.0 Å². The van der Waals surface area contributed by atoms with Gasteiger partial charge in [0.15, 0.2) is 11.5 Å². The molecule has 3 aromatic rings. The Hall–Kier alpha value is -3.00. The second-order valence-electron chi connectivity index (χ2n) is 6.64. The number of hydrogen-bond donors (Lipinski definition) is 2. The van der Waals surface area contributed by atoms with Crippen molar-refractivity contribution in [2.24, 2.45) is 0 Å². The number of aromatic nitrogens is 2. The number of thioether (sulfide) groups is 1. The molecule has 0 aliphatic carbocycles. The molecular formula is C21H20FN3O3S. The van der Waals surface area contributed by atoms with E-state index in [0.717, 1.165) is 16.8 Å². The number of aryl methyl sites for hydroxylation is 1. The number of benzene rings is 2. The van der Waals surface area contributed by atoms with Gasteiger partial charge in [-0.1, -0.05) is 6.07 Å². The minimum atomic E-state index is -0.339. The van der Waals surface area contributed by atoms with Crippen molar-refractivity contribution >= 4 is 23.5 Å². The van der Waals surface area contributed by atoms with Crippen LogP contribution in [-0.2, 0) is 4.79 Å². The van der Waals surface area contributed by atoms with Gasteiger partial charge in [-0.25, -0.2) is 9.07 Å². The van der Waals surface area contributed by atoms with E-state index in [-0.39, 0.29) is 28.5 Å². The zero-order valence-electron chi connectivity index (χ0n) is 16.0. The average molecular weight is 413 g/mol. The number of carbonyl (C=O) groups is 1. The van der Waals surface area contributed by atoms with Crippen molar-refractivity contribution in [1.29, 1.82) is 0 Å². The number of phenols is 1. The first-order valence-corrected chi connectivity index (χ1v) is 10.3. The lowest BCUT2D eigenvalue weighted by Gasteiger charge is -2.17. The molecule has 0 spiro atoms. The van der Waals surface area contributed by atoms with Gasteiger partial charge in [-0.15, -0.1) is 11.8 Å². The lowest BCUT2D eigenvalue weighted by molar-refractivity contribution is -0.113.